The first-order valence-corrected chi connectivity index (χ1v) is 3.75. The minimum absolute atomic E-state index is 0.459. The number of hydrogen-bond donors (Lipinski definition) is 1. The van der Waals surface area contributed by atoms with Crippen LogP contribution < -0.4 is 0 Å². The molecule has 0 aliphatic carbocycles. The van der Waals surface area contributed by atoms with Crippen LogP contribution in [0, 0.1) is 0 Å². The van der Waals surface area contributed by atoms with Gasteiger partial charge < -0.3 is 9.84 Å². The van der Waals surface area contributed by atoms with E-state index in [2.05, 4.69) is 0 Å². The zero-order chi connectivity index (χ0) is 9.19. The molecule has 1 heterocycles. The van der Waals surface area contributed by atoms with Crippen LogP contribution in [0.15, 0.2) is 0 Å². The topological polar surface area (TPSA) is 46.5 Å². The Morgan fingerprint density at radius 2 is 2.33 bits per heavy atom. The number of rotatable bonds is 3. The van der Waals surface area contributed by atoms with Crippen molar-refractivity contribution in [2.75, 3.05) is 6.61 Å². The molecule has 0 spiro atoms. The average Bonchev–Trinajstić information content (AvgIpc) is 2.38. The van der Waals surface area contributed by atoms with Gasteiger partial charge in [0.05, 0.1) is 6.10 Å². The summed E-state index contributed by atoms with van der Waals surface area (Å²) in [6, 6.07) is 0. The van der Waals surface area contributed by atoms with Crippen LogP contribution in [-0.2, 0) is 9.53 Å². The maximum absolute atomic E-state index is 12.5. The summed E-state index contributed by atoms with van der Waals surface area (Å²) in [5.41, 5.74) is 0. The third-order valence-corrected chi connectivity index (χ3v) is 1.82. The van der Waals surface area contributed by atoms with E-state index in [1.54, 1.807) is 0 Å². The lowest BCUT2D eigenvalue weighted by molar-refractivity contribution is -0.169. The van der Waals surface area contributed by atoms with E-state index in [0.29, 0.717) is 13.0 Å². The molecular weight excluding hydrogens is 170 g/mol. The molecule has 0 radical (unpaired) electrons. The van der Waals surface area contributed by atoms with E-state index in [4.69, 9.17) is 9.84 Å². The zero-order valence-electron chi connectivity index (χ0n) is 6.43. The first kappa shape index (κ1) is 9.38. The van der Waals surface area contributed by atoms with Crippen molar-refractivity contribution in [3.8, 4) is 0 Å². The van der Waals surface area contributed by atoms with Crippen LogP contribution in [0.4, 0.5) is 8.78 Å². The van der Waals surface area contributed by atoms with Crippen LogP contribution in [0.2, 0.25) is 0 Å². The highest BCUT2D eigenvalue weighted by molar-refractivity contribution is 5.75. The van der Waals surface area contributed by atoms with Gasteiger partial charge in [0.2, 0.25) is 0 Å². The lowest BCUT2D eigenvalue weighted by atomic mass is 10.1. The monoisotopic (exact) mass is 180 g/mol. The predicted molar refractivity (Wildman–Crippen MR) is 36.2 cm³/mol. The van der Waals surface area contributed by atoms with Crippen LogP contribution in [0.3, 0.4) is 0 Å². The average molecular weight is 180 g/mol. The molecule has 1 aliphatic rings. The summed E-state index contributed by atoms with van der Waals surface area (Å²) >= 11 is 0. The Morgan fingerprint density at radius 1 is 1.67 bits per heavy atom. The smallest absolute Gasteiger partial charge is 0.374 e. The van der Waals surface area contributed by atoms with Gasteiger partial charge in [0, 0.05) is 13.0 Å². The maximum Gasteiger partial charge on any atom is 0.374 e. The van der Waals surface area contributed by atoms with E-state index in [1.165, 1.54) is 0 Å². The zero-order valence-corrected chi connectivity index (χ0v) is 6.43. The van der Waals surface area contributed by atoms with E-state index >= 15 is 0 Å². The van der Waals surface area contributed by atoms with Crippen molar-refractivity contribution >= 4 is 5.97 Å². The highest BCUT2D eigenvalue weighted by Gasteiger charge is 2.42. The van der Waals surface area contributed by atoms with Crippen molar-refractivity contribution in [3.63, 3.8) is 0 Å². The van der Waals surface area contributed by atoms with Gasteiger partial charge in [0.1, 0.15) is 0 Å². The number of alkyl halides is 2. The Balaban J connectivity index is 2.42. The standard InChI is InChI=1S/C7H10F2O3/c8-7(9,6(10)11)4-5-2-1-3-12-5/h5H,1-4H2,(H,10,11). The quantitative estimate of drug-likeness (QED) is 0.711. The van der Waals surface area contributed by atoms with Gasteiger partial charge >= 0.3 is 11.9 Å². The van der Waals surface area contributed by atoms with E-state index in [1.807, 2.05) is 0 Å². The lowest BCUT2D eigenvalue weighted by Gasteiger charge is -2.15. The van der Waals surface area contributed by atoms with Gasteiger partial charge in [-0.05, 0) is 12.8 Å². The lowest BCUT2D eigenvalue weighted by Crippen LogP contribution is -2.32. The molecule has 0 aromatic heterocycles. The molecule has 0 amide bonds. The first-order valence-electron chi connectivity index (χ1n) is 3.75. The van der Waals surface area contributed by atoms with Crippen molar-refractivity contribution in [3.05, 3.63) is 0 Å². The molecule has 1 rings (SSSR count). The number of carboxylic acid groups (broad SMARTS) is 1. The maximum atomic E-state index is 12.5. The molecule has 0 aromatic rings. The number of ether oxygens (including phenoxy) is 1. The van der Waals surface area contributed by atoms with E-state index in [-0.39, 0.29) is 0 Å². The van der Waals surface area contributed by atoms with Crippen molar-refractivity contribution in [1.82, 2.24) is 0 Å². The molecule has 1 aliphatic heterocycles. The summed E-state index contributed by atoms with van der Waals surface area (Å²) in [6.45, 7) is 0.459. The van der Waals surface area contributed by atoms with Crippen LogP contribution in [0.5, 0.6) is 0 Å². The minimum atomic E-state index is -3.64. The molecule has 1 N–H and O–H groups in total. The van der Waals surface area contributed by atoms with Gasteiger partial charge in [-0.25, -0.2) is 4.79 Å². The SMILES string of the molecule is O=C(O)C(F)(F)CC1CCCO1. The molecule has 3 nitrogen and oxygen atoms in total. The van der Waals surface area contributed by atoms with Gasteiger partial charge in [-0.1, -0.05) is 0 Å². The summed E-state index contributed by atoms with van der Waals surface area (Å²) in [5.74, 6) is -5.72. The number of carbonyl (C=O) groups is 1. The summed E-state index contributed by atoms with van der Waals surface area (Å²) in [6.07, 6.45) is -0.0259. The molecule has 0 aromatic carbocycles. The predicted octanol–water partition coefficient (Wildman–Crippen LogP) is 1.28. The molecular formula is C7H10F2O3. The third kappa shape index (κ3) is 2.14. The molecule has 1 atom stereocenters. The van der Waals surface area contributed by atoms with Crippen LogP contribution in [-0.4, -0.2) is 29.7 Å². The van der Waals surface area contributed by atoms with Gasteiger partial charge in [0.15, 0.2) is 0 Å². The molecule has 1 unspecified atom stereocenters. The second-order valence-corrected chi connectivity index (χ2v) is 2.85. The molecule has 12 heavy (non-hydrogen) atoms. The molecule has 5 heteroatoms. The number of carboxylic acids is 1. The van der Waals surface area contributed by atoms with Gasteiger partial charge in [-0.2, -0.15) is 8.78 Å². The highest BCUT2D eigenvalue weighted by atomic mass is 19.3. The Morgan fingerprint density at radius 3 is 2.75 bits per heavy atom. The van der Waals surface area contributed by atoms with Gasteiger partial charge in [0.25, 0.3) is 0 Å². The Labute approximate surface area is 68.3 Å². The summed E-state index contributed by atoms with van der Waals surface area (Å²) in [7, 11) is 0. The second kappa shape index (κ2) is 3.35. The number of aliphatic carboxylic acids is 1. The van der Waals surface area contributed by atoms with Crippen LogP contribution >= 0.6 is 0 Å². The molecule has 0 bridgehead atoms. The Bertz CT molecular complexity index is 175. The number of hydrogen-bond acceptors (Lipinski definition) is 2. The molecule has 1 fully saturated rings. The van der Waals surface area contributed by atoms with Crippen molar-refractivity contribution in [1.29, 1.82) is 0 Å². The van der Waals surface area contributed by atoms with Crippen molar-refractivity contribution in [2.45, 2.75) is 31.3 Å². The van der Waals surface area contributed by atoms with Crippen LogP contribution in [0.25, 0.3) is 0 Å². The van der Waals surface area contributed by atoms with Crippen molar-refractivity contribution < 1.29 is 23.4 Å². The minimum Gasteiger partial charge on any atom is -0.477 e. The fraction of sp³-hybridized carbons (Fsp3) is 0.857. The fourth-order valence-corrected chi connectivity index (χ4v) is 1.18. The summed E-state index contributed by atoms with van der Waals surface area (Å²) in [4.78, 5) is 10.0. The Hall–Kier alpha value is -0.710. The largest absolute Gasteiger partial charge is 0.477 e. The summed E-state index contributed by atoms with van der Waals surface area (Å²) < 4.78 is 29.9. The fourth-order valence-electron chi connectivity index (χ4n) is 1.18. The second-order valence-electron chi connectivity index (χ2n) is 2.85. The van der Waals surface area contributed by atoms with Crippen LogP contribution in [0.1, 0.15) is 19.3 Å². The van der Waals surface area contributed by atoms with E-state index in [9.17, 15) is 13.6 Å². The first-order chi connectivity index (χ1) is 5.52. The van der Waals surface area contributed by atoms with E-state index < -0.39 is 24.4 Å². The Kier molecular flexibility index (Phi) is 2.62. The highest BCUT2D eigenvalue weighted by Crippen LogP contribution is 2.26. The normalized spacial score (nSPS) is 24.3. The molecule has 70 valence electrons. The van der Waals surface area contributed by atoms with Gasteiger partial charge in [-0.3, -0.25) is 0 Å². The molecule has 1 saturated heterocycles. The molecule has 0 saturated carbocycles. The number of halogens is 2. The van der Waals surface area contributed by atoms with Crippen molar-refractivity contribution in [2.24, 2.45) is 0 Å². The third-order valence-electron chi connectivity index (χ3n) is 1.82. The van der Waals surface area contributed by atoms with E-state index in [0.717, 1.165) is 6.42 Å². The summed E-state index contributed by atoms with van der Waals surface area (Å²) in [5, 5.41) is 8.10. The van der Waals surface area contributed by atoms with Gasteiger partial charge in [-0.15, -0.1) is 0 Å².